The molecule has 5 nitrogen and oxygen atoms in total. The molecule has 0 saturated carbocycles. The number of hydrogen-bond donors (Lipinski definition) is 1. The fourth-order valence-electron chi connectivity index (χ4n) is 3.30. The van der Waals surface area contributed by atoms with Crippen molar-refractivity contribution in [3.63, 3.8) is 0 Å². The molecule has 0 aliphatic heterocycles. The second kappa shape index (κ2) is 8.70. The zero-order valence-electron chi connectivity index (χ0n) is 16.9. The standard InChI is InChI=1S/C24H19ClFN3O2/c1-14-12-18(6-7-20(14)26)22-21(16-8-10-27-11-9-16)24(31-29-22)28-23(30)15(2)17-4-3-5-19(25)13-17/h3-13,15H,1-2H3,(H,28,30). The summed E-state index contributed by atoms with van der Waals surface area (Å²) in [5.74, 6) is -0.829. The molecule has 4 aromatic rings. The SMILES string of the molecule is Cc1cc(-c2noc(NC(=O)C(C)c3cccc(Cl)c3)c2-c2ccncc2)ccc1F. The van der Waals surface area contributed by atoms with E-state index in [1.165, 1.54) is 6.07 Å². The van der Waals surface area contributed by atoms with Gasteiger partial charge in [-0.3, -0.25) is 15.1 Å². The molecule has 0 fully saturated rings. The minimum absolute atomic E-state index is 0.210. The van der Waals surface area contributed by atoms with Gasteiger partial charge in [0.1, 0.15) is 11.5 Å². The lowest BCUT2D eigenvalue weighted by molar-refractivity contribution is -0.117. The Kier molecular flexibility index (Phi) is 5.82. The minimum Gasteiger partial charge on any atom is -0.337 e. The number of aryl methyl sites for hydroxylation is 1. The van der Waals surface area contributed by atoms with Crippen LogP contribution < -0.4 is 5.32 Å². The number of hydrogen-bond acceptors (Lipinski definition) is 4. The van der Waals surface area contributed by atoms with E-state index >= 15 is 0 Å². The molecular weight excluding hydrogens is 417 g/mol. The maximum Gasteiger partial charge on any atom is 0.239 e. The summed E-state index contributed by atoms with van der Waals surface area (Å²) in [4.78, 5) is 17.0. The molecule has 1 atom stereocenters. The summed E-state index contributed by atoms with van der Waals surface area (Å²) in [7, 11) is 0. The first-order chi connectivity index (χ1) is 14.9. The van der Waals surface area contributed by atoms with Gasteiger partial charge in [0, 0.05) is 23.0 Å². The lowest BCUT2D eigenvalue weighted by Gasteiger charge is -2.12. The highest BCUT2D eigenvalue weighted by Crippen LogP contribution is 2.38. The van der Waals surface area contributed by atoms with Gasteiger partial charge in [-0.1, -0.05) is 28.9 Å². The summed E-state index contributed by atoms with van der Waals surface area (Å²) in [5.41, 5.74) is 3.81. The number of benzene rings is 2. The number of carbonyl (C=O) groups excluding carboxylic acids is 1. The molecule has 2 heterocycles. The Bertz CT molecular complexity index is 1240. The van der Waals surface area contributed by atoms with Gasteiger partial charge >= 0.3 is 0 Å². The molecule has 1 unspecified atom stereocenters. The molecule has 0 saturated heterocycles. The van der Waals surface area contributed by atoms with Crippen LogP contribution in [0.25, 0.3) is 22.4 Å². The number of aromatic nitrogens is 2. The van der Waals surface area contributed by atoms with Crippen molar-refractivity contribution >= 4 is 23.4 Å². The first kappa shape index (κ1) is 20.8. The van der Waals surface area contributed by atoms with Gasteiger partial charge in [-0.25, -0.2) is 4.39 Å². The smallest absolute Gasteiger partial charge is 0.239 e. The van der Waals surface area contributed by atoms with Crippen LogP contribution in [-0.2, 0) is 4.79 Å². The van der Waals surface area contributed by atoms with Crippen LogP contribution in [0.1, 0.15) is 24.0 Å². The average molecular weight is 436 g/mol. The molecule has 4 rings (SSSR count). The highest BCUT2D eigenvalue weighted by atomic mass is 35.5. The zero-order valence-corrected chi connectivity index (χ0v) is 17.7. The van der Waals surface area contributed by atoms with Crippen LogP contribution in [0.3, 0.4) is 0 Å². The van der Waals surface area contributed by atoms with E-state index in [-0.39, 0.29) is 17.6 Å². The van der Waals surface area contributed by atoms with Gasteiger partial charge in [0.15, 0.2) is 0 Å². The number of nitrogens with zero attached hydrogens (tertiary/aromatic N) is 2. The molecule has 2 aromatic carbocycles. The third kappa shape index (κ3) is 4.34. The lowest BCUT2D eigenvalue weighted by atomic mass is 9.99. The van der Waals surface area contributed by atoms with E-state index < -0.39 is 5.92 Å². The molecule has 1 amide bonds. The van der Waals surface area contributed by atoms with E-state index in [2.05, 4.69) is 15.5 Å². The number of rotatable bonds is 5. The molecule has 156 valence electrons. The summed E-state index contributed by atoms with van der Waals surface area (Å²) in [6.07, 6.45) is 3.28. The Morgan fingerprint density at radius 3 is 2.58 bits per heavy atom. The highest BCUT2D eigenvalue weighted by Gasteiger charge is 2.24. The van der Waals surface area contributed by atoms with Crippen molar-refractivity contribution < 1.29 is 13.7 Å². The molecule has 0 aliphatic carbocycles. The van der Waals surface area contributed by atoms with Gasteiger partial charge in [-0.2, -0.15) is 0 Å². The van der Waals surface area contributed by atoms with Gasteiger partial charge in [0.25, 0.3) is 0 Å². The van der Waals surface area contributed by atoms with Crippen LogP contribution >= 0.6 is 11.6 Å². The Balaban J connectivity index is 1.73. The monoisotopic (exact) mass is 435 g/mol. The van der Waals surface area contributed by atoms with E-state index in [9.17, 15) is 9.18 Å². The summed E-state index contributed by atoms with van der Waals surface area (Å²) < 4.78 is 19.3. The number of carbonyl (C=O) groups is 1. The fraction of sp³-hybridized carbons (Fsp3) is 0.125. The molecule has 0 spiro atoms. The largest absolute Gasteiger partial charge is 0.337 e. The second-order valence-corrected chi connectivity index (χ2v) is 7.64. The van der Waals surface area contributed by atoms with E-state index in [0.717, 1.165) is 11.1 Å². The summed E-state index contributed by atoms with van der Waals surface area (Å²) in [5, 5.41) is 7.57. The van der Waals surface area contributed by atoms with Crippen molar-refractivity contribution in [2.75, 3.05) is 5.32 Å². The Morgan fingerprint density at radius 2 is 1.87 bits per heavy atom. The summed E-state index contributed by atoms with van der Waals surface area (Å²) >= 11 is 6.06. The minimum atomic E-state index is -0.467. The van der Waals surface area contributed by atoms with Crippen LogP contribution in [0, 0.1) is 12.7 Å². The first-order valence-electron chi connectivity index (χ1n) is 9.67. The van der Waals surface area contributed by atoms with Crippen molar-refractivity contribution in [2.24, 2.45) is 0 Å². The number of anilines is 1. The number of halogens is 2. The molecule has 7 heteroatoms. The van der Waals surface area contributed by atoms with Crippen molar-refractivity contribution in [2.45, 2.75) is 19.8 Å². The molecule has 1 N–H and O–H groups in total. The number of amides is 1. The van der Waals surface area contributed by atoms with Gasteiger partial charge in [-0.15, -0.1) is 0 Å². The lowest BCUT2D eigenvalue weighted by Crippen LogP contribution is -2.19. The van der Waals surface area contributed by atoms with Crippen molar-refractivity contribution in [3.05, 3.63) is 89.0 Å². The Hall–Kier alpha value is -3.51. The Morgan fingerprint density at radius 1 is 1.10 bits per heavy atom. The molecular formula is C24H19ClFN3O2. The van der Waals surface area contributed by atoms with Gasteiger partial charge in [0.05, 0.1) is 11.5 Å². The third-order valence-corrected chi connectivity index (χ3v) is 5.31. The molecule has 0 radical (unpaired) electrons. The number of nitrogens with one attached hydrogen (secondary N) is 1. The van der Waals surface area contributed by atoms with Crippen LogP contribution in [0.15, 0.2) is 71.5 Å². The van der Waals surface area contributed by atoms with Crippen molar-refractivity contribution in [1.82, 2.24) is 10.1 Å². The van der Waals surface area contributed by atoms with Gasteiger partial charge in [0.2, 0.25) is 11.8 Å². The van der Waals surface area contributed by atoms with E-state index in [4.69, 9.17) is 16.1 Å². The maximum atomic E-state index is 13.8. The number of pyridine rings is 1. The highest BCUT2D eigenvalue weighted by molar-refractivity contribution is 6.30. The topological polar surface area (TPSA) is 68.0 Å². The van der Waals surface area contributed by atoms with Crippen molar-refractivity contribution in [1.29, 1.82) is 0 Å². The predicted octanol–water partition coefficient (Wildman–Crippen LogP) is 6.25. The molecule has 0 aliphatic rings. The third-order valence-electron chi connectivity index (χ3n) is 5.07. The van der Waals surface area contributed by atoms with E-state index in [1.54, 1.807) is 68.7 Å². The maximum absolute atomic E-state index is 13.8. The second-order valence-electron chi connectivity index (χ2n) is 7.20. The van der Waals surface area contributed by atoms with Gasteiger partial charge < -0.3 is 4.52 Å². The molecule has 2 aromatic heterocycles. The first-order valence-corrected chi connectivity index (χ1v) is 10.0. The van der Waals surface area contributed by atoms with E-state index in [1.807, 2.05) is 6.07 Å². The zero-order chi connectivity index (χ0) is 22.0. The molecule has 0 bridgehead atoms. The Labute approximate surface area is 183 Å². The summed E-state index contributed by atoms with van der Waals surface area (Å²) in [6, 6.07) is 15.4. The fourth-order valence-corrected chi connectivity index (χ4v) is 3.50. The quantitative estimate of drug-likeness (QED) is 0.402. The summed E-state index contributed by atoms with van der Waals surface area (Å²) in [6.45, 7) is 3.47. The van der Waals surface area contributed by atoms with Crippen LogP contribution in [0.2, 0.25) is 5.02 Å². The normalized spacial score (nSPS) is 11.9. The van der Waals surface area contributed by atoms with Crippen molar-refractivity contribution in [3.8, 4) is 22.4 Å². The van der Waals surface area contributed by atoms with Crippen LogP contribution in [0.4, 0.5) is 10.3 Å². The van der Waals surface area contributed by atoms with Crippen LogP contribution in [-0.4, -0.2) is 16.0 Å². The predicted molar refractivity (Wildman–Crippen MR) is 118 cm³/mol. The average Bonchev–Trinajstić information content (AvgIpc) is 3.19. The van der Waals surface area contributed by atoms with Gasteiger partial charge in [-0.05, 0) is 73.0 Å². The molecule has 31 heavy (non-hydrogen) atoms. The van der Waals surface area contributed by atoms with E-state index in [0.29, 0.717) is 27.4 Å². The van der Waals surface area contributed by atoms with Crippen LogP contribution in [0.5, 0.6) is 0 Å².